The number of H-pyrrole nitrogens is 1. The van der Waals surface area contributed by atoms with Crippen LogP contribution in [0.3, 0.4) is 0 Å². The molecule has 1 saturated heterocycles. The smallest absolute Gasteiger partial charge is 0.270 e. The average Bonchev–Trinajstić information content (AvgIpc) is 3.05. The van der Waals surface area contributed by atoms with E-state index < -0.39 is 6.10 Å². The summed E-state index contributed by atoms with van der Waals surface area (Å²) in [7, 11) is 0. The number of aliphatic hydroxyl groups excluding tert-OH is 1. The molecule has 1 amide bonds. The molecule has 2 N–H and O–H groups in total. The third kappa shape index (κ3) is 3.10. The zero-order chi connectivity index (χ0) is 18.3. The number of amides is 1. The molecule has 1 aliphatic heterocycles. The van der Waals surface area contributed by atoms with Gasteiger partial charge in [-0.2, -0.15) is 0 Å². The summed E-state index contributed by atoms with van der Waals surface area (Å²) in [6, 6.07) is 14.1. The lowest BCUT2D eigenvalue weighted by Gasteiger charge is -2.36. The zero-order valence-corrected chi connectivity index (χ0v) is 14.6. The van der Waals surface area contributed by atoms with Crippen LogP contribution in [0.1, 0.15) is 34.0 Å². The summed E-state index contributed by atoms with van der Waals surface area (Å²) < 4.78 is 13.1. The number of carbonyl (C=O) groups excluding carboxylic acids is 1. The minimum Gasteiger partial charge on any atom is -0.391 e. The molecule has 134 valence electrons. The summed E-state index contributed by atoms with van der Waals surface area (Å²) >= 11 is 0. The van der Waals surface area contributed by atoms with Crippen LogP contribution in [0, 0.1) is 12.7 Å². The van der Waals surface area contributed by atoms with Gasteiger partial charge in [0.15, 0.2) is 0 Å². The van der Waals surface area contributed by atoms with Crippen LogP contribution < -0.4 is 0 Å². The Hall–Kier alpha value is -2.66. The summed E-state index contributed by atoms with van der Waals surface area (Å²) in [5, 5.41) is 11.5. The van der Waals surface area contributed by atoms with Gasteiger partial charge in [0.1, 0.15) is 11.5 Å². The third-order valence-electron chi connectivity index (χ3n) is 5.17. The number of nitrogens with one attached hydrogen (secondary N) is 1. The molecule has 4 nitrogen and oxygen atoms in total. The lowest BCUT2D eigenvalue weighted by molar-refractivity contribution is 0.0378. The molecule has 1 aliphatic rings. The van der Waals surface area contributed by atoms with E-state index in [1.807, 2.05) is 31.2 Å². The number of aromatic amines is 1. The molecule has 0 radical (unpaired) electrons. The Balaban J connectivity index is 1.50. The molecule has 5 heteroatoms. The Bertz CT molecular complexity index is 948. The van der Waals surface area contributed by atoms with Crippen molar-refractivity contribution >= 4 is 16.8 Å². The number of aromatic nitrogens is 1. The van der Waals surface area contributed by atoms with Gasteiger partial charge in [-0.3, -0.25) is 4.79 Å². The fourth-order valence-electron chi connectivity index (χ4n) is 3.75. The highest BCUT2D eigenvalue weighted by Crippen LogP contribution is 2.29. The fourth-order valence-corrected chi connectivity index (χ4v) is 3.75. The topological polar surface area (TPSA) is 56.3 Å². The average molecular weight is 352 g/mol. The van der Waals surface area contributed by atoms with Crippen molar-refractivity contribution < 1.29 is 14.3 Å². The number of hydrogen-bond donors (Lipinski definition) is 2. The van der Waals surface area contributed by atoms with E-state index >= 15 is 0 Å². The van der Waals surface area contributed by atoms with Crippen molar-refractivity contribution in [3.8, 4) is 0 Å². The van der Waals surface area contributed by atoms with Gasteiger partial charge in [0.05, 0.1) is 6.10 Å². The number of nitrogens with zero attached hydrogens (tertiary/aromatic N) is 1. The molecule has 1 fully saturated rings. The van der Waals surface area contributed by atoms with Crippen molar-refractivity contribution in [1.82, 2.24) is 9.88 Å². The van der Waals surface area contributed by atoms with Gasteiger partial charge in [-0.1, -0.05) is 23.8 Å². The summed E-state index contributed by atoms with van der Waals surface area (Å²) in [4.78, 5) is 17.7. The predicted molar refractivity (Wildman–Crippen MR) is 98.7 cm³/mol. The second-order valence-corrected chi connectivity index (χ2v) is 7.04. The van der Waals surface area contributed by atoms with E-state index in [2.05, 4.69) is 4.98 Å². The first kappa shape index (κ1) is 16.8. The van der Waals surface area contributed by atoms with Gasteiger partial charge in [0.25, 0.3) is 5.91 Å². The van der Waals surface area contributed by atoms with E-state index in [-0.39, 0.29) is 24.2 Å². The van der Waals surface area contributed by atoms with Crippen LogP contribution in [-0.4, -0.2) is 40.1 Å². The second kappa shape index (κ2) is 6.57. The first-order valence-corrected chi connectivity index (χ1v) is 8.83. The van der Waals surface area contributed by atoms with Crippen molar-refractivity contribution in [1.29, 1.82) is 0 Å². The number of aryl methyl sites for hydroxylation is 1. The summed E-state index contributed by atoms with van der Waals surface area (Å²) in [5.41, 5.74) is 3.52. The van der Waals surface area contributed by atoms with Gasteiger partial charge in [0.2, 0.25) is 0 Å². The number of fused-ring (bicyclic) bond motifs is 1. The number of halogens is 1. The van der Waals surface area contributed by atoms with Crippen molar-refractivity contribution in [2.75, 3.05) is 13.1 Å². The Morgan fingerprint density at radius 1 is 1.19 bits per heavy atom. The Morgan fingerprint density at radius 3 is 2.69 bits per heavy atom. The Kier molecular flexibility index (Phi) is 4.24. The van der Waals surface area contributed by atoms with Gasteiger partial charge in [-0.05, 0) is 49.2 Å². The largest absolute Gasteiger partial charge is 0.391 e. The fraction of sp³-hybridized carbons (Fsp3) is 0.286. The SMILES string of the molecule is Cc1ccc2[nH]c(C(=O)N3CCC(c4ccc(F)cc4)C(O)C3)cc2c1. The van der Waals surface area contributed by atoms with Crippen molar-refractivity contribution in [3.63, 3.8) is 0 Å². The van der Waals surface area contributed by atoms with Gasteiger partial charge < -0.3 is 15.0 Å². The van der Waals surface area contributed by atoms with Gasteiger partial charge >= 0.3 is 0 Å². The molecule has 1 aromatic heterocycles. The van der Waals surface area contributed by atoms with Crippen LogP contribution >= 0.6 is 0 Å². The first-order chi connectivity index (χ1) is 12.5. The number of β-amino-alcohol motifs (C(OH)–C–C–N with tert-alkyl or cyclic N) is 1. The van der Waals surface area contributed by atoms with E-state index in [0.29, 0.717) is 18.7 Å². The van der Waals surface area contributed by atoms with Crippen LogP contribution in [0.4, 0.5) is 4.39 Å². The molecule has 0 aliphatic carbocycles. The summed E-state index contributed by atoms with van der Waals surface area (Å²) in [6.07, 6.45) is -0.0116. The molecule has 0 spiro atoms. The quantitative estimate of drug-likeness (QED) is 0.740. The monoisotopic (exact) mass is 352 g/mol. The van der Waals surface area contributed by atoms with E-state index in [1.54, 1.807) is 17.0 Å². The van der Waals surface area contributed by atoms with E-state index in [0.717, 1.165) is 22.0 Å². The number of piperidine rings is 1. The number of carbonyl (C=O) groups is 1. The van der Waals surface area contributed by atoms with Crippen LogP contribution in [0.2, 0.25) is 0 Å². The maximum absolute atomic E-state index is 13.1. The number of benzene rings is 2. The summed E-state index contributed by atoms with van der Waals surface area (Å²) in [6.45, 7) is 2.85. The van der Waals surface area contributed by atoms with E-state index in [1.165, 1.54) is 12.1 Å². The van der Waals surface area contributed by atoms with E-state index in [9.17, 15) is 14.3 Å². The minimum atomic E-state index is -0.662. The lowest BCUT2D eigenvalue weighted by Crippen LogP contribution is -2.45. The van der Waals surface area contributed by atoms with Crippen LogP contribution in [0.15, 0.2) is 48.5 Å². The van der Waals surface area contributed by atoms with Crippen molar-refractivity contribution in [2.45, 2.75) is 25.4 Å². The molecule has 4 rings (SSSR count). The zero-order valence-electron chi connectivity index (χ0n) is 14.6. The first-order valence-electron chi connectivity index (χ1n) is 8.83. The highest BCUT2D eigenvalue weighted by atomic mass is 19.1. The normalized spacial score (nSPS) is 20.5. The number of likely N-dealkylation sites (tertiary alicyclic amines) is 1. The molecule has 2 heterocycles. The van der Waals surface area contributed by atoms with Crippen molar-refractivity contribution in [3.05, 3.63) is 71.2 Å². The molecule has 0 bridgehead atoms. The maximum Gasteiger partial charge on any atom is 0.270 e. The third-order valence-corrected chi connectivity index (χ3v) is 5.17. The Labute approximate surface area is 151 Å². The lowest BCUT2D eigenvalue weighted by atomic mass is 9.87. The molecule has 26 heavy (non-hydrogen) atoms. The molecule has 2 atom stereocenters. The molecular formula is C21H21FN2O2. The van der Waals surface area contributed by atoms with Crippen LogP contribution in [0.25, 0.3) is 10.9 Å². The molecule has 3 aromatic rings. The highest BCUT2D eigenvalue weighted by Gasteiger charge is 2.32. The van der Waals surface area contributed by atoms with Crippen molar-refractivity contribution in [2.24, 2.45) is 0 Å². The number of hydrogen-bond acceptors (Lipinski definition) is 2. The molecular weight excluding hydrogens is 331 g/mol. The molecule has 2 aromatic carbocycles. The van der Waals surface area contributed by atoms with Gasteiger partial charge in [0, 0.05) is 29.9 Å². The standard InChI is InChI=1S/C21H21FN2O2/c1-13-2-7-18-15(10-13)11-19(23-18)21(26)24-9-8-17(20(25)12-24)14-3-5-16(22)6-4-14/h2-7,10-11,17,20,23,25H,8-9,12H2,1H3. The maximum atomic E-state index is 13.1. The van der Waals surface area contributed by atoms with E-state index in [4.69, 9.17) is 0 Å². The number of aliphatic hydroxyl groups is 1. The van der Waals surface area contributed by atoms with Gasteiger partial charge in [-0.15, -0.1) is 0 Å². The summed E-state index contributed by atoms with van der Waals surface area (Å²) in [5.74, 6) is -0.467. The molecule has 2 unspecified atom stereocenters. The number of rotatable bonds is 2. The van der Waals surface area contributed by atoms with Crippen LogP contribution in [-0.2, 0) is 0 Å². The second-order valence-electron chi connectivity index (χ2n) is 7.04. The molecule has 0 saturated carbocycles. The predicted octanol–water partition coefficient (Wildman–Crippen LogP) is 3.61. The highest BCUT2D eigenvalue weighted by molar-refractivity contribution is 5.98. The van der Waals surface area contributed by atoms with Gasteiger partial charge in [-0.25, -0.2) is 4.39 Å². The van der Waals surface area contributed by atoms with Crippen LogP contribution in [0.5, 0.6) is 0 Å². The Morgan fingerprint density at radius 2 is 1.96 bits per heavy atom. The minimum absolute atomic E-state index is 0.0787.